The van der Waals surface area contributed by atoms with E-state index in [0.717, 1.165) is 45.0 Å². The molecule has 0 unspecified atom stereocenters. The average Bonchev–Trinajstić information content (AvgIpc) is 3.29. The Labute approximate surface area is 219 Å². The van der Waals surface area contributed by atoms with Crippen LogP contribution in [0.3, 0.4) is 0 Å². The molecule has 2 heterocycles. The number of carbonyl (C=O) groups excluding carboxylic acids is 2. The molecule has 2 amide bonds. The van der Waals surface area contributed by atoms with Gasteiger partial charge in [0, 0.05) is 33.7 Å². The van der Waals surface area contributed by atoms with Gasteiger partial charge in [0.25, 0.3) is 11.1 Å². The maximum absolute atomic E-state index is 13.1. The SMILES string of the molecule is Cc1ccc(OCCN2C(=O)S/C(=C\c3c(C)n(Cc4ccccc4Cl)c4ccccc34)C2=O)cc1. The van der Waals surface area contributed by atoms with Crippen molar-refractivity contribution in [3.8, 4) is 5.75 Å². The number of imide groups is 1. The predicted molar refractivity (Wildman–Crippen MR) is 147 cm³/mol. The first-order chi connectivity index (χ1) is 17.4. The Hall–Kier alpha value is -3.48. The Morgan fingerprint density at radius 3 is 2.44 bits per heavy atom. The van der Waals surface area contributed by atoms with Crippen LogP contribution in [0.5, 0.6) is 5.75 Å². The van der Waals surface area contributed by atoms with Crippen molar-refractivity contribution in [1.82, 2.24) is 9.47 Å². The van der Waals surface area contributed by atoms with Gasteiger partial charge < -0.3 is 9.30 Å². The topological polar surface area (TPSA) is 51.5 Å². The Kier molecular flexibility index (Phi) is 6.90. The summed E-state index contributed by atoms with van der Waals surface area (Å²) in [5.41, 5.74) is 5.14. The van der Waals surface area contributed by atoms with Gasteiger partial charge in [-0.1, -0.05) is 65.7 Å². The van der Waals surface area contributed by atoms with Crippen molar-refractivity contribution in [3.05, 3.63) is 105 Å². The molecule has 1 fully saturated rings. The lowest BCUT2D eigenvalue weighted by Crippen LogP contribution is -2.32. The summed E-state index contributed by atoms with van der Waals surface area (Å²) >= 11 is 7.40. The lowest BCUT2D eigenvalue weighted by molar-refractivity contribution is -0.123. The van der Waals surface area contributed by atoms with Gasteiger partial charge in [0.05, 0.1) is 11.4 Å². The summed E-state index contributed by atoms with van der Waals surface area (Å²) < 4.78 is 7.93. The van der Waals surface area contributed by atoms with Crippen LogP contribution in [0.2, 0.25) is 5.02 Å². The van der Waals surface area contributed by atoms with E-state index >= 15 is 0 Å². The Bertz CT molecular complexity index is 1490. The van der Waals surface area contributed by atoms with Crippen LogP contribution in [0.1, 0.15) is 22.4 Å². The highest BCUT2D eigenvalue weighted by molar-refractivity contribution is 8.18. The minimum atomic E-state index is -0.292. The molecule has 1 aliphatic rings. The van der Waals surface area contributed by atoms with Crippen molar-refractivity contribution < 1.29 is 14.3 Å². The lowest BCUT2D eigenvalue weighted by atomic mass is 10.1. The smallest absolute Gasteiger partial charge is 0.293 e. The molecule has 0 radical (unpaired) electrons. The van der Waals surface area contributed by atoms with E-state index in [1.807, 2.05) is 86.7 Å². The number of rotatable bonds is 7. The second kappa shape index (κ2) is 10.2. The van der Waals surface area contributed by atoms with Gasteiger partial charge in [-0.25, -0.2) is 0 Å². The third-order valence-electron chi connectivity index (χ3n) is 6.32. The second-order valence-electron chi connectivity index (χ2n) is 8.69. The zero-order valence-corrected chi connectivity index (χ0v) is 21.6. The molecule has 0 aliphatic carbocycles. The number of fused-ring (bicyclic) bond motifs is 1. The van der Waals surface area contributed by atoms with Crippen LogP contribution in [-0.2, 0) is 11.3 Å². The van der Waals surface area contributed by atoms with E-state index in [4.69, 9.17) is 16.3 Å². The third kappa shape index (κ3) is 4.79. The monoisotopic (exact) mass is 516 g/mol. The number of benzene rings is 3. The zero-order chi connectivity index (χ0) is 25.2. The van der Waals surface area contributed by atoms with Gasteiger partial charge in [0.2, 0.25) is 0 Å². The van der Waals surface area contributed by atoms with Crippen molar-refractivity contribution in [3.63, 3.8) is 0 Å². The average molecular weight is 517 g/mol. The Morgan fingerprint density at radius 1 is 0.944 bits per heavy atom. The molecule has 7 heteroatoms. The molecule has 182 valence electrons. The fourth-order valence-corrected chi connectivity index (χ4v) is 5.40. The standard InChI is InChI=1S/C29H25ClN2O3S/c1-19-11-13-22(14-12-19)35-16-15-31-28(33)27(36-29(31)34)17-24-20(2)32(26-10-6-4-8-23(24)26)18-21-7-3-5-9-25(21)30/h3-14,17H,15-16,18H2,1-2H3/b27-17-. The number of hydrogen-bond acceptors (Lipinski definition) is 4. The maximum Gasteiger partial charge on any atom is 0.293 e. The van der Waals surface area contributed by atoms with E-state index in [-0.39, 0.29) is 24.3 Å². The van der Waals surface area contributed by atoms with Gasteiger partial charge in [-0.2, -0.15) is 0 Å². The summed E-state index contributed by atoms with van der Waals surface area (Å²) in [6.45, 7) is 5.08. The number of thioether (sulfide) groups is 1. The minimum Gasteiger partial charge on any atom is -0.492 e. The molecule has 0 spiro atoms. The largest absolute Gasteiger partial charge is 0.492 e. The van der Waals surface area contributed by atoms with Crippen LogP contribution >= 0.6 is 23.4 Å². The van der Waals surface area contributed by atoms with Crippen LogP contribution in [0.15, 0.2) is 77.7 Å². The number of aryl methyl sites for hydroxylation is 1. The molecule has 5 rings (SSSR count). The maximum atomic E-state index is 13.1. The van der Waals surface area contributed by atoms with Crippen LogP contribution in [0.25, 0.3) is 17.0 Å². The van der Waals surface area contributed by atoms with Gasteiger partial charge in [-0.15, -0.1) is 0 Å². The van der Waals surface area contributed by atoms with Crippen molar-refractivity contribution in [1.29, 1.82) is 0 Å². The number of halogens is 1. The first-order valence-corrected chi connectivity index (χ1v) is 12.9. The zero-order valence-electron chi connectivity index (χ0n) is 20.0. The molecular weight excluding hydrogens is 492 g/mol. The van der Waals surface area contributed by atoms with Crippen molar-refractivity contribution in [2.45, 2.75) is 20.4 Å². The second-order valence-corrected chi connectivity index (χ2v) is 10.1. The minimum absolute atomic E-state index is 0.198. The first kappa shape index (κ1) is 24.2. The van der Waals surface area contributed by atoms with E-state index in [2.05, 4.69) is 10.6 Å². The lowest BCUT2D eigenvalue weighted by Gasteiger charge is -2.13. The fraction of sp³-hybridized carbons (Fsp3) is 0.172. The molecule has 0 bridgehead atoms. The van der Waals surface area contributed by atoms with Gasteiger partial charge >= 0.3 is 0 Å². The molecule has 4 aromatic rings. The normalized spacial score (nSPS) is 14.9. The van der Waals surface area contributed by atoms with E-state index in [0.29, 0.717) is 22.2 Å². The number of para-hydroxylation sites is 1. The molecule has 0 atom stereocenters. The molecule has 5 nitrogen and oxygen atoms in total. The van der Waals surface area contributed by atoms with E-state index in [1.165, 1.54) is 4.90 Å². The summed E-state index contributed by atoms with van der Waals surface area (Å²) in [5.74, 6) is 0.421. The highest BCUT2D eigenvalue weighted by Crippen LogP contribution is 2.36. The molecule has 1 aromatic heterocycles. The van der Waals surface area contributed by atoms with Crippen LogP contribution in [-0.4, -0.2) is 33.8 Å². The molecule has 0 N–H and O–H groups in total. The van der Waals surface area contributed by atoms with Gasteiger partial charge in [-0.05, 0) is 61.5 Å². The van der Waals surface area contributed by atoms with Gasteiger partial charge in [0.15, 0.2) is 0 Å². The van der Waals surface area contributed by atoms with Crippen LogP contribution in [0.4, 0.5) is 4.79 Å². The Morgan fingerprint density at radius 2 is 1.67 bits per heavy atom. The molecule has 1 saturated heterocycles. The highest BCUT2D eigenvalue weighted by atomic mass is 35.5. The van der Waals surface area contributed by atoms with Crippen molar-refractivity contribution >= 4 is 51.5 Å². The predicted octanol–water partition coefficient (Wildman–Crippen LogP) is 7.08. The summed E-state index contributed by atoms with van der Waals surface area (Å²) in [6.07, 6.45) is 1.84. The molecule has 0 saturated carbocycles. The van der Waals surface area contributed by atoms with E-state index in [1.54, 1.807) is 0 Å². The summed E-state index contributed by atoms with van der Waals surface area (Å²) in [6, 6.07) is 23.5. The van der Waals surface area contributed by atoms with Gasteiger partial charge in [-0.3, -0.25) is 14.5 Å². The van der Waals surface area contributed by atoms with Gasteiger partial charge in [0.1, 0.15) is 12.4 Å². The van der Waals surface area contributed by atoms with Crippen LogP contribution in [0, 0.1) is 13.8 Å². The molecule has 36 heavy (non-hydrogen) atoms. The summed E-state index contributed by atoms with van der Waals surface area (Å²) in [4.78, 5) is 27.5. The fourth-order valence-electron chi connectivity index (χ4n) is 4.35. The van der Waals surface area contributed by atoms with Crippen molar-refractivity contribution in [2.75, 3.05) is 13.2 Å². The Balaban J connectivity index is 1.39. The summed E-state index contributed by atoms with van der Waals surface area (Å²) in [5, 5.41) is 1.46. The number of carbonyl (C=O) groups is 2. The highest BCUT2D eigenvalue weighted by Gasteiger charge is 2.35. The van der Waals surface area contributed by atoms with E-state index < -0.39 is 0 Å². The number of aromatic nitrogens is 1. The molecule has 3 aromatic carbocycles. The number of nitrogens with zero attached hydrogens (tertiary/aromatic N) is 2. The molecule has 1 aliphatic heterocycles. The van der Waals surface area contributed by atoms with E-state index in [9.17, 15) is 9.59 Å². The van der Waals surface area contributed by atoms with Crippen molar-refractivity contribution in [2.24, 2.45) is 0 Å². The number of amides is 2. The quantitative estimate of drug-likeness (QED) is 0.246. The molecular formula is C29H25ClN2O3S. The summed E-state index contributed by atoms with van der Waals surface area (Å²) in [7, 11) is 0. The van der Waals surface area contributed by atoms with Crippen LogP contribution < -0.4 is 4.74 Å². The third-order valence-corrected chi connectivity index (χ3v) is 7.60. The number of hydrogen-bond donors (Lipinski definition) is 0. The first-order valence-electron chi connectivity index (χ1n) is 11.7. The number of ether oxygens (including phenoxy) is 1.